The van der Waals surface area contributed by atoms with Gasteiger partial charge in [-0.05, 0) is 37.5 Å². The average molecular weight is 265 g/mol. The number of aliphatic hydroxyl groups excluding tert-OH is 1. The molecule has 0 aromatic heterocycles. The molecule has 0 spiro atoms. The van der Waals surface area contributed by atoms with Crippen molar-refractivity contribution in [1.29, 1.82) is 0 Å². The molecule has 0 radical (unpaired) electrons. The zero-order chi connectivity index (χ0) is 14.1. The lowest BCUT2D eigenvalue weighted by atomic mass is 10.1. The lowest BCUT2D eigenvalue weighted by Crippen LogP contribution is -2.28. The molecule has 19 heavy (non-hydrogen) atoms. The number of carbonyl (C=O) groups excluding carboxylic acids is 1. The van der Waals surface area contributed by atoms with Crippen LogP contribution in [0.4, 0.5) is 0 Å². The highest BCUT2D eigenvalue weighted by Crippen LogP contribution is 2.12. The van der Waals surface area contributed by atoms with Crippen LogP contribution in [0.3, 0.4) is 0 Å². The third kappa shape index (κ3) is 6.25. The maximum absolute atomic E-state index is 11.7. The molecule has 1 atom stereocenters. The predicted molar refractivity (Wildman–Crippen MR) is 75.2 cm³/mol. The van der Waals surface area contributed by atoms with Gasteiger partial charge >= 0.3 is 0 Å². The topological polar surface area (TPSA) is 58.6 Å². The van der Waals surface area contributed by atoms with Crippen LogP contribution >= 0.6 is 0 Å². The van der Waals surface area contributed by atoms with E-state index in [9.17, 15) is 9.90 Å². The van der Waals surface area contributed by atoms with E-state index in [0.29, 0.717) is 26.0 Å². The van der Waals surface area contributed by atoms with Crippen LogP contribution in [0.2, 0.25) is 0 Å². The van der Waals surface area contributed by atoms with Crippen LogP contribution in [0.5, 0.6) is 5.75 Å². The molecule has 1 aromatic carbocycles. The Labute approximate surface area is 114 Å². The smallest absolute Gasteiger partial charge is 0.224 e. The quantitative estimate of drug-likeness (QED) is 0.755. The van der Waals surface area contributed by atoms with Gasteiger partial charge in [0.1, 0.15) is 5.75 Å². The lowest BCUT2D eigenvalue weighted by Gasteiger charge is -2.09. The molecule has 0 aliphatic heterocycles. The van der Waals surface area contributed by atoms with Crippen molar-refractivity contribution in [2.45, 2.75) is 39.2 Å². The maximum Gasteiger partial charge on any atom is 0.224 e. The van der Waals surface area contributed by atoms with Gasteiger partial charge in [-0.15, -0.1) is 0 Å². The molecule has 1 unspecified atom stereocenters. The first-order valence-corrected chi connectivity index (χ1v) is 6.82. The minimum Gasteiger partial charge on any atom is -0.494 e. The van der Waals surface area contributed by atoms with Crippen molar-refractivity contribution in [3.63, 3.8) is 0 Å². The number of hydrogen-bond donors (Lipinski definition) is 2. The molecule has 1 aromatic rings. The van der Waals surface area contributed by atoms with Crippen LogP contribution in [0.25, 0.3) is 0 Å². The van der Waals surface area contributed by atoms with Crippen molar-refractivity contribution < 1.29 is 14.6 Å². The highest BCUT2D eigenvalue weighted by molar-refractivity contribution is 5.78. The van der Waals surface area contributed by atoms with Crippen LogP contribution in [-0.4, -0.2) is 30.3 Å². The van der Waals surface area contributed by atoms with Crippen molar-refractivity contribution in [3.8, 4) is 5.75 Å². The maximum atomic E-state index is 11.7. The number of hydrogen-bond acceptors (Lipinski definition) is 3. The van der Waals surface area contributed by atoms with Crippen molar-refractivity contribution in [3.05, 3.63) is 29.8 Å². The van der Waals surface area contributed by atoms with E-state index in [1.165, 1.54) is 0 Å². The molecule has 0 aliphatic rings. The Bertz CT molecular complexity index is 375. The molecule has 2 N–H and O–H groups in total. The minimum absolute atomic E-state index is 0.0209. The molecule has 0 fully saturated rings. The molecule has 0 saturated carbocycles. The summed E-state index contributed by atoms with van der Waals surface area (Å²) in [5.74, 6) is 0.796. The highest BCUT2D eigenvalue weighted by atomic mass is 16.5. The summed E-state index contributed by atoms with van der Waals surface area (Å²) >= 11 is 0. The summed E-state index contributed by atoms with van der Waals surface area (Å²) in [6.45, 7) is 5.02. The molecule has 0 aliphatic carbocycles. The van der Waals surface area contributed by atoms with Gasteiger partial charge < -0.3 is 15.2 Å². The first-order valence-electron chi connectivity index (χ1n) is 6.82. The number of nitrogens with one attached hydrogen (secondary N) is 1. The van der Waals surface area contributed by atoms with E-state index < -0.39 is 0 Å². The minimum atomic E-state index is -0.328. The second-order valence-corrected chi connectivity index (χ2v) is 4.45. The first kappa shape index (κ1) is 15.5. The fourth-order valence-electron chi connectivity index (χ4n) is 1.70. The van der Waals surface area contributed by atoms with E-state index in [2.05, 4.69) is 5.32 Å². The van der Waals surface area contributed by atoms with Crippen LogP contribution in [0.15, 0.2) is 24.3 Å². The van der Waals surface area contributed by atoms with Gasteiger partial charge in [-0.25, -0.2) is 0 Å². The third-order valence-electron chi connectivity index (χ3n) is 2.87. The molecule has 0 saturated heterocycles. The van der Waals surface area contributed by atoms with Crippen molar-refractivity contribution in [1.82, 2.24) is 5.32 Å². The van der Waals surface area contributed by atoms with Crippen molar-refractivity contribution in [2.75, 3.05) is 13.2 Å². The largest absolute Gasteiger partial charge is 0.494 e. The Morgan fingerprint density at radius 1 is 1.32 bits per heavy atom. The van der Waals surface area contributed by atoms with Crippen LogP contribution in [-0.2, 0) is 11.2 Å². The molecule has 1 amide bonds. The third-order valence-corrected chi connectivity index (χ3v) is 2.87. The predicted octanol–water partition coefficient (Wildman–Crippen LogP) is 1.91. The number of aliphatic hydroxyl groups is 1. The first-order chi connectivity index (χ1) is 9.15. The highest BCUT2D eigenvalue weighted by Gasteiger charge is 2.05. The van der Waals surface area contributed by atoms with Crippen molar-refractivity contribution in [2.24, 2.45) is 0 Å². The van der Waals surface area contributed by atoms with Crippen LogP contribution in [0, 0.1) is 0 Å². The number of ether oxygens (including phenoxy) is 1. The van der Waals surface area contributed by atoms with E-state index >= 15 is 0 Å². The van der Waals surface area contributed by atoms with Gasteiger partial charge in [-0.2, -0.15) is 0 Å². The zero-order valence-electron chi connectivity index (χ0n) is 11.7. The Hall–Kier alpha value is -1.55. The fraction of sp³-hybridized carbons (Fsp3) is 0.533. The molecule has 0 heterocycles. The number of rotatable bonds is 8. The van der Waals surface area contributed by atoms with Gasteiger partial charge in [0.15, 0.2) is 0 Å². The molecule has 106 valence electrons. The van der Waals surface area contributed by atoms with Gasteiger partial charge in [-0.1, -0.05) is 19.1 Å². The molecule has 0 bridgehead atoms. The summed E-state index contributed by atoms with van der Waals surface area (Å²) in [7, 11) is 0. The molecular formula is C15H23NO3. The average Bonchev–Trinajstić information content (AvgIpc) is 2.41. The van der Waals surface area contributed by atoms with E-state index in [1.807, 2.05) is 38.1 Å². The monoisotopic (exact) mass is 265 g/mol. The second-order valence-electron chi connectivity index (χ2n) is 4.45. The SMILES string of the molecule is CCOc1ccc(CC(=O)NCCC(O)CC)cc1. The van der Waals surface area contributed by atoms with E-state index in [0.717, 1.165) is 17.7 Å². The van der Waals surface area contributed by atoms with Gasteiger partial charge in [0, 0.05) is 6.54 Å². The zero-order valence-corrected chi connectivity index (χ0v) is 11.7. The second kappa shape index (κ2) is 8.53. The summed E-state index contributed by atoms with van der Waals surface area (Å²) in [6.07, 6.45) is 1.35. The van der Waals surface area contributed by atoms with E-state index in [4.69, 9.17) is 4.74 Å². The fourth-order valence-corrected chi connectivity index (χ4v) is 1.70. The summed E-state index contributed by atoms with van der Waals surface area (Å²) < 4.78 is 5.34. The molecule has 4 heteroatoms. The standard InChI is InChI=1S/C15H23NO3/c1-3-13(17)9-10-16-15(18)11-12-5-7-14(8-6-12)19-4-2/h5-8,13,17H,3-4,9-11H2,1-2H3,(H,16,18). The van der Waals surface area contributed by atoms with E-state index in [1.54, 1.807) is 0 Å². The Kier molecular flexibility index (Phi) is 6.97. The van der Waals surface area contributed by atoms with Gasteiger partial charge in [0.2, 0.25) is 5.91 Å². The van der Waals surface area contributed by atoms with E-state index in [-0.39, 0.29) is 12.0 Å². The lowest BCUT2D eigenvalue weighted by molar-refractivity contribution is -0.120. The van der Waals surface area contributed by atoms with Crippen LogP contribution < -0.4 is 10.1 Å². The Morgan fingerprint density at radius 3 is 2.58 bits per heavy atom. The summed E-state index contributed by atoms with van der Waals surface area (Å²) in [4.78, 5) is 11.7. The van der Waals surface area contributed by atoms with Gasteiger partial charge in [-0.3, -0.25) is 4.79 Å². The molecule has 4 nitrogen and oxygen atoms in total. The molecular weight excluding hydrogens is 242 g/mol. The summed E-state index contributed by atoms with van der Waals surface area (Å²) in [6, 6.07) is 7.52. The summed E-state index contributed by atoms with van der Waals surface area (Å²) in [5.41, 5.74) is 0.956. The molecule has 1 rings (SSSR count). The van der Waals surface area contributed by atoms with Gasteiger partial charge in [0.05, 0.1) is 19.1 Å². The Morgan fingerprint density at radius 2 is 2.00 bits per heavy atom. The van der Waals surface area contributed by atoms with Crippen LogP contribution in [0.1, 0.15) is 32.3 Å². The number of carbonyl (C=O) groups is 1. The van der Waals surface area contributed by atoms with Gasteiger partial charge in [0.25, 0.3) is 0 Å². The van der Waals surface area contributed by atoms with Crippen molar-refractivity contribution >= 4 is 5.91 Å². The number of amides is 1. The number of benzene rings is 1. The normalized spacial score (nSPS) is 11.9. The summed E-state index contributed by atoms with van der Waals surface area (Å²) in [5, 5.41) is 12.2. The Balaban J connectivity index is 2.31.